The van der Waals surface area contributed by atoms with Gasteiger partial charge in [0.05, 0.1) is 12.6 Å². The van der Waals surface area contributed by atoms with E-state index in [1.165, 1.54) is 6.07 Å². The molecule has 0 aliphatic rings. The maximum absolute atomic E-state index is 13.1. The molecule has 0 aliphatic carbocycles. The van der Waals surface area contributed by atoms with Crippen LogP contribution in [0.3, 0.4) is 0 Å². The molecule has 0 amide bonds. The molecule has 1 aromatic heterocycles. The van der Waals surface area contributed by atoms with E-state index in [1.807, 2.05) is 0 Å². The van der Waals surface area contributed by atoms with Crippen LogP contribution in [0.15, 0.2) is 18.2 Å². The van der Waals surface area contributed by atoms with Crippen LogP contribution < -0.4 is 0 Å². The molecule has 96 valence electrons. The summed E-state index contributed by atoms with van der Waals surface area (Å²) in [5, 5.41) is 30.9. The summed E-state index contributed by atoms with van der Waals surface area (Å²) in [5.74, 6) is -1.54. The highest BCUT2D eigenvalue weighted by Gasteiger charge is 2.29. The SMILES string of the molecule is COC(=O)c1nn(C(O)(O)O)c2cc(F)ccc12. The Morgan fingerprint density at radius 3 is 2.67 bits per heavy atom. The molecule has 7 nitrogen and oxygen atoms in total. The quantitative estimate of drug-likeness (QED) is 0.494. The minimum Gasteiger partial charge on any atom is -0.464 e. The summed E-state index contributed by atoms with van der Waals surface area (Å²) in [5.41, 5.74) is -0.433. The summed E-state index contributed by atoms with van der Waals surface area (Å²) in [6.45, 7) is 0. The van der Waals surface area contributed by atoms with Crippen molar-refractivity contribution < 1.29 is 29.2 Å². The Labute approximate surface area is 99.6 Å². The van der Waals surface area contributed by atoms with Crippen LogP contribution in [-0.4, -0.2) is 38.2 Å². The van der Waals surface area contributed by atoms with Gasteiger partial charge in [0.2, 0.25) is 0 Å². The molecule has 1 heterocycles. The summed E-state index contributed by atoms with van der Waals surface area (Å²) >= 11 is 0. The van der Waals surface area contributed by atoms with Gasteiger partial charge in [-0.05, 0) is 12.1 Å². The molecule has 2 rings (SSSR count). The number of hydrogen-bond donors (Lipinski definition) is 3. The van der Waals surface area contributed by atoms with E-state index in [9.17, 15) is 9.18 Å². The van der Waals surface area contributed by atoms with Crippen LogP contribution in [0.25, 0.3) is 10.9 Å². The zero-order chi connectivity index (χ0) is 13.5. The predicted molar refractivity (Wildman–Crippen MR) is 55.7 cm³/mol. The van der Waals surface area contributed by atoms with E-state index in [0.717, 1.165) is 19.2 Å². The van der Waals surface area contributed by atoms with Crippen molar-refractivity contribution in [2.24, 2.45) is 0 Å². The third kappa shape index (κ3) is 1.92. The second-order valence-corrected chi connectivity index (χ2v) is 3.51. The van der Waals surface area contributed by atoms with Gasteiger partial charge in [-0.25, -0.2) is 9.18 Å². The second-order valence-electron chi connectivity index (χ2n) is 3.51. The highest BCUT2D eigenvalue weighted by molar-refractivity contribution is 6.02. The Balaban J connectivity index is 2.79. The van der Waals surface area contributed by atoms with Crippen molar-refractivity contribution in [1.82, 2.24) is 9.78 Å². The number of carbonyl (C=O) groups is 1. The molecule has 0 aliphatic heterocycles. The third-order valence-electron chi connectivity index (χ3n) is 2.31. The molecule has 18 heavy (non-hydrogen) atoms. The monoisotopic (exact) mass is 256 g/mol. The minimum absolute atomic E-state index is 0.116. The van der Waals surface area contributed by atoms with Crippen LogP contribution in [0.1, 0.15) is 10.5 Å². The number of esters is 1. The van der Waals surface area contributed by atoms with Gasteiger partial charge in [0.25, 0.3) is 0 Å². The first kappa shape index (κ1) is 12.4. The molecule has 8 heteroatoms. The Kier molecular flexibility index (Phi) is 2.77. The smallest absolute Gasteiger partial charge is 0.389 e. The first-order valence-corrected chi connectivity index (χ1v) is 4.79. The summed E-state index contributed by atoms with van der Waals surface area (Å²) < 4.78 is 17.8. The summed E-state index contributed by atoms with van der Waals surface area (Å²) in [6, 6.07) is 3.17. The molecule has 2 aromatic rings. The highest BCUT2D eigenvalue weighted by Crippen LogP contribution is 2.23. The first-order valence-electron chi connectivity index (χ1n) is 4.79. The predicted octanol–water partition coefficient (Wildman–Crippen LogP) is -0.493. The molecule has 0 atom stereocenters. The van der Waals surface area contributed by atoms with Gasteiger partial charge in [0.15, 0.2) is 5.69 Å². The number of rotatable bonds is 2. The lowest BCUT2D eigenvalue weighted by molar-refractivity contribution is -0.378. The fourth-order valence-corrected chi connectivity index (χ4v) is 1.56. The molecule has 0 spiro atoms. The maximum atomic E-state index is 13.1. The number of halogens is 1. The first-order chi connectivity index (χ1) is 8.34. The highest BCUT2D eigenvalue weighted by atomic mass is 19.1. The Morgan fingerprint density at radius 1 is 1.44 bits per heavy atom. The Bertz CT molecular complexity index is 616. The van der Waals surface area contributed by atoms with E-state index in [4.69, 9.17) is 15.3 Å². The molecular weight excluding hydrogens is 247 g/mol. The lowest BCUT2D eigenvalue weighted by atomic mass is 10.2. The molecule has 0 unspecified atom stereocenters. The zero-order valence-corrected chi connectivity index (χ0v) is 9.16. The minimum atomic E-state index is -3.35. The van der Waals surface area contributed by atoms with Crippen LogP contribution >= 0.6 is 0 Å². The van der Waals surface area contributed by atoms with Crippen LogP contribution in [0.5, 0.6) is 0 Å². The Morgan fingerprint density at radius 2 is 2.11 bits per heavy atom. The number of carbonyl (C=O) groups excluding carboxylic acids is 1. The van der Waals surface area contributed by atoms with Gasteiger partial charge in [-0.3, -0.25) is 0 Å². The van der Waals surface area contributed by atoms with E-state index in [1.54, 1.807) is 0 Å². The molecular formula is C10H9FN2O5. The van der Waals surface area contributed by atoms with Crippen molar-refractivity contribution in [2.45, 2.75) is 6.10 Å². The van der Waals surface area contributed by atoms with Crippen molar-refractivity contribution in [2.75, 3.05) is 7.11 Å². The number of nitrogens with zero attached hydrogens (tertiary/aromatic N) is 2. The summed E-state index contributed by atoms with van der Waals surface area (Å²) in [6.07, 6.45) is -3.35. The van der Waals surface area contributed by atoms with Gasteiger partial charge in [0.1, 0.15) is 5.82 Å². The van der Waals surface area contributed by atoms with E-state index in [-0.39, 0.29) is 16.6 Å². The lowest BCUT2D eigenvalue weighted by Gasteiger charge is -2.14. The molecule has 0 saturated heterocycles. The molecule has 0 radical (unpaired) electrons. The van der Waals surface area contributed by atoms with E-state index < -0.39 is 17.9 Å². The van der Waals surface area contributed by atoms with Gasteiger partial charge < -0.3 is 20.1 Å². The molecule has 0 bridgehead atoms. The van der Waals surface area contributed by atoms with Crippen LogP contribution in [0, 0.1) is 5.82 Å². The number of aliphatic hydroxyl groups is 3. The van der Waals surface area contributed by atoms with E-state index >= 15 is 0 Å². The largest absolute Gasteiger partial charge is 0.464 e. The fourth-order valence-electron chi connectivity index (χ4n) is 1.56. The molecule has 0 saturated carbocycles. The molecule has 0 fully saturated rings. The van der Waals surface area contributed by atoms with Crippen molar-refractivity contribution >= 4 is 16.9 Å². The van der Waals surface area contributed by atoms with Crippen molar-refractivity contribution in [3.05, 3.63) is 29.7 Å². The third-order valence-corrected chi connectivity index (χ3v) is 2.31. The lowest BCUT2D eigenvalue weighted by Crippen LogP contribution is -2.33. The fraction of sp³-hybridized carbons (Fsp3) is 0.200. The average Bonchev–Trinajstić information content (AvgIpc) is 2.66. The number of ether oxygens (including phenoxy) is 1. The molecule has 3 N–H and O–H groups in total. The van der Waals surface area contributed by atoms with Gasteiger partial charge in [0, 0.05) is 11.5 Å². The van der Waals surface area contributed by atoms with Crippen molar-refractivity contribution in [1.29, 1.82) is 0 Å². The summed E-state index contributed by atoms with van der Waals surface area (Å²) in [4.78, 5) is 11.4. The van der Waals surface area contributed by atoms with E-state index in [0.29, 0.717) is 4.68 Å². The normalized spacial score (nSPS) is 11.8. The standard InChI is InChI=1S/C10H9FN2O5/c1-18-9(14)8-6-3-2-5(11)4-7(6)13(12-8)10(15,16)17/h2-4,15-17H,1H3. The van der Waals surface area contributed by atoms with Crippen molar-refractivity contribution in [3.8, 4) is 0 Å². The van der Waals surface area contributed by atoms with Gasteiger partial charge in [-0.2, -0.15) is 9.78 Å². The topological polar surface area (TPSA) is 105 Å². The number of benzene rings is 1. The van der Waals surface area contributed by atoms with Crippen molar-refractivity contribution in [3.63, 3.8) is 0 Å². The van der Waals surface area contributed by atoms with Crippen LogP contribution in [0.4, 0.5) is 4.39 Å². The second kappa shape index (κ2) is 4.02. The van der Waals surface area contributed by atoms with Crippen LogP contribution in [-0.2, 0) is 10.8 Å². The van der Waals surface area contributed by atoms with Gasteiger partial charge in [-0.15, -0.1) is 0 Å². The van der Waals surface area contributed by atoms with Gasteiger partial charge >= 0.3 is 12.1 Å². The molecule has 1 aromatic carbocycles. The van der Waals surface area contributed by atoms with Crippen LogP contribution in [0.2, 0.25) is 0 Å². The van der Waals surface area contributed by atoms with Gasteiger partial charge in [-0.1, -0.05) is 0 Å². The average molecular weight is 256 g/mol. The zero-order valence-electron chi connectivity index (χ0n) is 9.16. The number of hydrogen-bond acceptors (Lipinski definition) is 6. The maximum Gasteiger partial charge on any atom is 0.389 e. The summed E-state index contributed by atoms with van der Waals surface area (Å²) in [7, 11) is 1.11. The van der Waals surface area contributed by atoms with E-state index in [2.05, 4.69) is 9.84 Å². The Hall–Kier alpha value is -2.03. The number of methoxy groups -OCH3 is 1. The number of aromatic nitrogens is 2. The number of fused-ring (bicyclic) bond motifs is 1.